The molecule has 1 aliphatic heterocycles. The van der Waals surface area contributed by atoms with E-state index in [1.165, 1.54) is 37.7 Å². The van der Waals surface area contributed by atoms with E-state index in [4.69, 9.17) is 4.74 Å². The number of hydrogen-bond acceptors (Lipinski definition) is 3. The first kappa shape index (κ1) is 14.6. The third-order valence-electron chi connectivity index (χ3n) is 5.25. The van der Waals surface area contributed by atoms with Gasteiger partial charge in [-0.15, -0.1) is 0 Å². The summed E-state index contributed by atoms with van der Waals surface area (Å²) in [6.07, 6.45) is 6.24. The highest BCUT2D eigenvalue weighted by Gasteiger charge is 2.50. The Morgan fingerprint density at radius 1 is 1.29 bits per heavy atom. The molecule has 2 fully saturated rings. The maximum Gasteiger partial charge on any atom is 0.320 e. The van der Waals surface area contributed by atoms with E-state index in [0.717, 1.165) is 6.54 Å². The Bertz CT molecular complexity index is 487. The van der Waals surface area contributed by atoms with Crippen molar-refractivity contribution in [2.24, 2.45) is 5.92 Å². The van der Waals surface area contributed by atoms with E-state index in [1.54, 1.807) is 0 Å². The molecule has 0 aromatic heterocycles. The fourth-order valence-corrected chi connectivity index (χ4v) is 4.41. The van der Waals surface area contributed by atoms with Gasteiger partial charge >= 0.3 is 5.97 Å². The number of likely N-dealkylation sites (tertiary alicyclic amines) is 1. The molecule has 1 saturated heterocycles. The molecule has 0 unspecified atom stereocenters. The van der Waals surface area contributed by atoms with Crippen molar-refractivity contribution in [3.05, 3.63) is 35.9 Å². The summed E-state index contributed by atoms with van der Waals surface area (Å²) < 4.78 is 5.18. The molecule has 2 atom stereocenters. The van der Waals surface area contributed by atoms with Gasteiger partial charge in [-0.2, -0.15) is 0 Å². The predicted octanol–water partition coefficient (Wildman–Crippen LogP) is 3.34. The van der Waals surface area contributed by atoms with Crippen molar-refractivity contribution in [3.8, 4) is 0 Å². The van der Waals surface area contributed by atoms with Crippen LogP contribution in [0.1, 0.15) is 44.6 Å². The first-order valence-corrected chi connectivity index (χ1v) is 8.23. The van der Waals surface area contributed by atoms with Crippen molar-refractivity contribution >= 4 is 5.97 Å². The van der Waals surface area contributed by atoms with E-state index in [0.29, 0.717) is 19.1 Å². The Morgan fingerprint density at radius 3 is 2.86 bits per heavy atom. The van der Waals surface area contributed by atoms with Crippen LogP contribution in [-0.2, 0) is 15.1 Å². The molecule has 0 bridgehead atoms. The molecule has 1 saturated carbocycles. The molecule has 114 valence electrons. The number of rotatable bonds is 4. The smallest absolute Gasteiger partial charge is 0.320 e. The highest BCUT2D eigenvalue weighted by Crippen LogP contribution is 2.51. The minimum Gasteiger partial charge on any atom is -0.465 e. The normalized spacial score (nSPS) is 29.1. The molecule has 0 spiro atoms. The van der Waals surface area contributed by atoms with Gasteiger partial charge in [0.2, 0.25) is 0 Å². The summed E-state index contributed by atoms with van der Waals surface area (Å²) >= 11 is 0. The molecule has 0 amide bonds. The largest absolute Gasteiger partial charge is 0.465 e. The number of fused-ring (bicyclic) bond motifs is 1. The SMILES string of the molecule is CCOC(=O)CN1CC[C@@H]2CCCC[C@@]21c1ccccc1. The maximum absolute atomic E-state index is 12.0. The van der Waals surface area contributed by atoms with Gasteiger partial charge in [0.25, 0.3) is 0 Å². The third kappa shape index (κ3) is 2.59. The summed E-state index contributed by atoms with van der Waals surface area (Å²) in [7, 11) is 0. The lowest BCUT2D eigenvalue weighted by molar-refractivity contribution is -0.146. The number of benzene rings is 1. The molecule has 1 heterocycles. The van der Waals surface area contributed by atoms with E-state index < -0.39 is 0 Å². The van der Waals surface area contributed by atoms with Crippen LogP contribution in [0.2, 0.25) is 0 Å². The van der Waals surface area contributed by atoms with Gasteiger partial charge in [-0.05, 0) is 44.2 Å². The Hall–Kier alpha value is -1.35. The molecule has 0 radical (unpaired) electrons. The summed E-state index contributed by atoms with van der Waals surface area (Å²) in [5, 5.41) is 0. The van der Waals surface area contributed by atoms with E-state index in [-0.39, 0.29) is 11.5 Å². The maximum atomic E-state index is 12.0. The fraction of sp³-hybridized carbons (Fsp3) is 0.611. The Balaban J connectivity index is 1.91. The number of carbonyl (C=O) groups is 1. The van der Waals surface area contributed by atoms with Crippen LogP contribution < -0.4 is 0 Å². The van der Waals surface area contributed by atoms with Gasteiger partial charge in [0.1, 0.15) is 0 Å². The van der Waals surface area contributed by atoms with Gasteiger partial charge in [-0.1, -0.05) is 43.2 Å². The van der Waals surface area contributed by atoms with Crippen LogP contribution in [0.3, 0.4) is 0 Å². The average molecular weight is 287 g/mol. The second-order valence-corrected chi connectivity index (χ2v) is 6.25. The molecule has 2 aliphatic rings. The standard InChI is InChI=1S/C18H25NO2/c1-2-21-17(20)14-19-13-11-16-10-6-7-12-18(16,19)15-8-4-3-5-9-15/h3-5,8-9,16H,2,6-7,10-14H2,1H3/t16-,18+/m0/s1. The fourth-order valence-electron chi connectivity index (χ4n) is 4.41. The first-order valence-electron chi connectivity index (χ1n) is 8.23. The van der Waals surface area contributed by atoms with Crippen molar-refractivity contribution in [3.63, 3.8) is 0 Å². The third-order valence-corrected chi connectivity index (χ3v) is 5.25. The first-order chi connectivity index (χ1) is 10.3. The van der Waals surface area contributed by atoms with Crippen molar-refractivity contribution in [1.82, 2.24) is 4.90 Å². The Kier molecular flexibility index (Phi) is 4.29. The Labute approximate surface area is 127 Å². The summed E-state index contributed by atoms with van der Waals surface area (Å²) in [6.45, 7) is 3.78. The minimum absolute atomic E-state index is 0.0618. The lowest BCUT2D eigenvalue weighted by Gasteiger charge is -2.45. The van der Waals surface area contributed by atoms with E-state index >= 15 is 0 Å². The van der Waals surface area contributed by atoms with E-state index in [2.05, 4.69) is 35.2 Å². The molecule has 3 nitrogen and oxygen atoms in total. The summed E-state index contributed by atoms with van der Waals surface area (Å²) in [5.41, 5.74) is 1.45. The zero-order chi connectivity index (χ0) is 14.7. The molecular formula is C18H25NO2. The second-order valence-electron chi connectivity index (χ2n) is 6.25. The summed E-state index contributed by atoms with van der Waals surface area (Å²) in [6, 6.07) is 10.8. The van der Waals surface area contributed by atoms with Crippen molar-refractivity contribution in [2.75, 3.05) is 19.7 Å². The number of nitrogens with zero attached hydrogens (tertiary/aromatic N) is 1. The van der Waals surface area contributed by atoms with Gasteiger partial charge in [0.15, 0.2) is 0 Å². The lowest BCUT2D eigenvalue weighted by atomic mass is 9.69. The zero-order valence-electron chi connectivity index (χ0n) is 12.9. The zero-order valence-corrected chi connectivity index (χ0v) is 12.9. The molecule has 1 aromatic rings. The van der Waals surface area contributed by atoms with Crippen LogP contribution in [0.25, 0.3) is 0 Å². The number of esters is 1. The summed E-state index contributed by atoms with van der Waals surface area (Å²) in [4.78, 5) is 14.4. The van der Waals surface area contributed by atoms with Crippen LogP contribution in [0.4, 0.5) is 0 Å². The molecule has 3 rings (SSSR count). The van der Waals surface area contributed by atoms with E-state index in [1.807, 2.05) is 6.92 Å². The highest BCUT2D eigenvalue weighted by atomic mass is 16.5. The predicted molar refractivity (Wildman–Crippen MR) is 82.9 cm³/mol. The monoisotopic (exact) mass is 287 g/mol. The molecule has 0 N–H and O–H groups in total. The van der Waals surface area contributed by atoms with Gasteiger partial charge in [0, 0.05) is 5.54 Å². The molecular weight excluding hydrogens is 262 g/mol. The highest BCUT2D eigenvalue weighted by molar-refractivity contribution is 5.72. The topological polar surface area (TPSA) is 29.5 Å². The Morgan fingerprint density at radius 2 is 2.10 bits per heavy atom. The molecule has 21 heavy (non-hydrogen) atoms. The van der Waals surface area contributed by atoms with Crippen molar-refractivity contribution < 1.29 is 9.53 Å². The van der Waals surface area contributed by atoms with Crippen LogP contribution in [0.15, 0.2) is 30.3 Å². The van der Waals surface area contributed by atoms with Crippen molar-refractivity contribution in [2.45, 2.75) is 44.6 Å². The molecule has 1 aliphatic carbocycles. The van der Waals surface area contributed by atoms with Crippen molar-refractivity contribution in [1.29, 1.82) is 0 Å². The van der Waals surface area contributed by atoms with Gasteiger partial charge < -0.3 is 4.74 Å². The van der Waals surface area contributed by atoms with Crippen LogP contribution in [-0.4, -0.2) is 30.6 Å². The van der Waals surface area contributed by atoms with Gasteiger partial charge in [0.05, 0.1) is 13.2 Å². The van der Waals surface area contributed by atoms with Gasteiger partial charge in [-0.3, -0.25) is 9.69 Å². The molecule has 3 heteroatoms. The van der Waals surface area contributed by atoms with E-state index in [9.17, 15) is 4.79 Å². The quantitative estimate of drug-likeness (QED) is 0.795. The minimum atomic E-state index is -0.0842. The average Bonchev–Trinajstić information content (AvgIpc) is 2.88. The number of hydrogen-bond donors (Lipinski definition) is 0. The lowest BCUT2D eigenvalue weighted by Crippen LogP contribution is -2.49. The summed E-state index contributed by atoms with van der Waals surface area (Å²) in [5.74, 6) is 0.599. The number of carbonyl (C=O) groups excluding carboxylic acids is 1. The second kappa shape index (κ2) is 6.18. The number of ether oxygens (including phenoxy) is 1. The van der Waals surface area contributed by atoms with Crippen LogP contribution in [0.5, 0.6) is 0 Å². The molecule has 1 aromatic carbocycles. The van der Waals surface area contributed by atoms with Crippen LogP contribution >= 0.6 is 0 Å². The van der Waals surface area contributed by atoms with Gasteiger partial charge in [-0.25, -0.2) is 0 Å². The van der Waals surface area contributed by atoms with Crippen LogP contribution in [0, 0.1) is 5.92 Å².